The maximum Gasteiger partial charge on any atom is 0.0595 e. The smallest absolute Gasteiger partial charge is 0.0595 e. The molecule has 1 aliphatic rings. The van der Waals surface area contributed by atoms with Crippen molar-refractivity contribution in [2.45, 2.75) is 25.8 Å². The van der Waals surface area contributed by atoms with Crippen LogP contribution in [0.4, 0.5) is 0 Å². The molecule has 1 heterocycles. The van der Waals surface area contributed by atoms with Crippen molar-refractivity contribution >= 4 is 5.71 Å². The highest BCUT2D eigenvalue weighted by Crippen LogP contribution is 2.09. The van der Waals surface area contributed by atoms with E-state index in [1.807, 2.05) is 13.2 Å². The van der Waals surface area contributed by atoms with Gasteiger partial charge in [-0.25, -0.2) is 0 Å². The van der Waals surface area contributed by atoms with E-state index in [2.05, 4.69) is 42.4 Å². The lowest BCUT2D eigenvalue weighted by molar-refractivity contribution is 0.566. The summed E-state index contributed by atoms with van der Waals surface area (Å²) in [7, 11) is 1.95. The van der Waals surface area contributed by atoms with E-state index in [0.717, 1.165) is 12.1 Å². The fraction of sp³-hybridized carbons (Fsp3) is 0.500. The number of nitrogens with one attached hydrogen (secondary N) is 1. The third-order valence-corrected chi connectivity index (χ3v) is 2.13. The van der Waals surface area contributed by atoms with Gasteiger partial charge >= 0.3 is 0 Å². The number of allylic oxidation sites excluding steroid dienone is 2. The first-order valence-electron chi connectivity index (χ1n) is 4.25. The third kappa shape index (κ3) is 2.05. The Kier molecular flexibility index (Phi) is 2.82. The molecule has 0 unspecified atom stereocenters. The predicted molar refractivity (Wildman–Crippen MR) is 55.6 cm³/mol. The molecule has 0 aromatic heterocycles. The van der Waals surface area contributed by atoms with Gasteiger partial charge in [0.2, 0.25) is 0 Å². The molecule has 0 aromatic rings. The summed E-state index contributed by atoms with van der Waals surface area (Å²) in [5.41, 5.74) is 1.05. The lowest BCUT2D eigenvalue weighted by Gasteiger charge is -2.23. The van der Waals surface area contributed by atoms with Crippen molar-refractivity contribution in [1.82, 2.24) is 5.32 Å². The van der Waals surface area contributed by atoms with Gasteiger partial charge in [-0.3, -0.25) is 4.99 Å². The number of rotatable bonds is 2. The van der Waals surface area contributed by atoms with Gasteiger partial charge in [0, 0.05) is 7.63 Å². The molecule has 0 bridgehead atoms. The second kappa shape index (κ2) is 3.68. The minimum absolute atomic E-state index is 0. The van der Waals surface area contributed by atoms with Crippen LogP contribution in [0.2, 0.25) is 0 Å². The van der Waals surface area contributed by atoms with E-state index in [4.69, 9.17) is 0 Å². The Bertz CT molecular complexity index is 239. The maximum absolute atomic E-state index is 4.35. The topological polar surface area (TPSA) is 24.4 Å². The molecule has 0 saturated heterocycles. The lowest BCUT2D eigenvalue weighted by atomic mass is 9.98. The summed E-state index contributed by atoms with van der Waals surface area (Å²) in [4.78, 5) is 4.35. The van der Waals surface area contributed by atoms with Crippen molar-refractivity contribution in [3.63, 3.8) is 0 Å². The van der Waals surface area contributed by atoms with E-state index in [9.17, 15) is 0 Å². The molecule has 0 spiro atoms. The highest BCUT2D eigenvalue weighted by molar-refractivity contribution is 6.02. The van der Waals surface area contributed by atoms with Crippen LogP contribution in [0.5, 0.6) is 0 Å². The number of aliphatic imine (C=N–C) groups is 1. The minimum Gasteiger partial charge on any atom is -0.310 e. The van der Waals surface area contributed by atoms with E-state index in [0.29, 0.717) is 0 Å². The van der Waals surface area contributed by atoms with Gasteiger partial charge in [0.15, 0.2) is 0 Å². The minimum atomic E-state index is -0.0365. The third-order valence-electron chi connectivity index (χ3n) is 2.13. The fourth-order valence-corrected chi connectivity index (χ4v) is 0.993. The van der Waals surface area contributed by atoms with Gasteiger partial charge in [0.1, 0.15) is 0 Å². The van der Waals surface area contributed by atoms with Crippen molar-refractivity contribution < 1.29 is 1.43 Å². The molecule has 1 rings (SSSR count). The monoisotopic (exact) mass is 166 g/mol. The fourth-order valence-electron chi connectivity index (χ4n) is 0.993. The lowest BCUT2D eigenvalue weighted by Crippen LogP contribution is -2.43. The van der Waals surface area contributed by atoms with Crippen molar-refractivity contribution in [3.8, 4) is 0 Å². The second-order valence-corrected chi connectivity index (χ2v) is 3.41. The van der Waals surface area contributed by atoms with Crippen LogP contribution >= 0.6 is 0 Å². The molecule has 0 atom stereocenters. The number of hydrogen-bond acceptors (Lipinski definition) is 2. The molecule has 1 aliphatic heterocycles. The van der Waals surface area contributed by atoms with Crippen LogP contribution in [0.15, 0.2) is 29.4 Å². The molecule has 2 nitrogen and oxygen atoms in total. The molecule has 0 saturated carbocycles. The van der Waals surface area contributed by atoms with Crippen molar-refractivity contribution in [1.29, 1.82) is 0 Å². The Morgan fingerprint density at radius 1 is 1.50 bits per heavy atom. The number of nitrogens with zero attached hydrogens (tertiary/aromatic N) is 1. The first-order chi connectivity index (χ1) is 5.67. The highest BCUT2D eigenvalue weighted by atomic mass is 15.0. The van der Waals surface area contributed by atoms with E-state index >= 15 is 0 Å². The zero-order valence-corrected chi connectivity index (χ0v) is 7.96. The van der Waals surface area contributed by atoms with Crippen LogP contribution in [0.25, 0.3) is 0 Å². The summed E-state index contributed by atoms with van der Waals surface area (Å²) in [6.45, 7) is 4.24. The summed E-state index contributed by atoms with van der Waals surface area (Å²) < 4.78 is 0. The van der Waals surface area contributed by atoms with Gasteiger partial charge in [-0.15, -0.1) is 0 Å². The molecule has 12 heavy (non-hydrogen) atoms. The van der Waals surface area contributed by atoms with E-state index in [1.54, 1.807) is 0 Å². The van der Waals surface area contributed by atoms with Gasteiger partial charge in [-0.05, 0) is 33.4 Å². The molecule has 0 fully saturated rings. The van der Waals surface area contributed by atoms with Crippen LogP contribution < -0.4 is 5.32 Å². The van der Waals surface area contributed by atoms with E-state index < -0.39 is 0 Å². The van der Waals surface area contributed by atoms with E-state index in [-0.39, 0.29) is 6.97 Å². The predicted octanol–water partition coefficient (Wildman–Crippen LogP) is 2.15. The summed E-state index contributed by atoms with van der Waals surface area (Å²) in [5.74, 6) is 0. The molecular formula is C10H18N2. The summed E-state index contributed by atoms with van der Waals surface area (Å²) in [6, 6.07) is 0. The largest absolute Gasteiger partial charge is 0.310 e. The normalized spacial score (nSPS) is 17.4. The molecule has 0 amide bonds. The van der Waals surface area contributed by atoms with Gasteiger partial charge in [0.25, 0.3) is 0 Å². The molecule has 2 heteroatoms. The molecule has 0 aliphatic carbocycles. The Morgan fingerprint density at radius 2 is 2.25 bits per heavy atom. The average Bonchev–Trinajstić information content (AvgIpc) is 2.32. The first-order valence-corrected chi connectivity index (χ1v) is 4.25. The molecule has 1 N–H and O–H groups in total. The van der Waals surface area contributed by atoms with Crippen LogP contribution in [-0.2, 0) is 0 Å². The molecular weight excluding hydrogens is 148 g/mol. The zero-order chi connectivity index (χ0) is 9.03. The summed E-state index contributed by atoms with van der Waals surface area (Å²) in [5, 5.41) is 3.22. The average molecular weight is 166 g/mol. The van der Waals surface area contributed by atoms with Crippen LogP contribution in [0.3, 0.4) is 0 Å². The zero-order valence-electron chi connectivity index (χ0n) is 7.96. The van der Waals surface area contributed by atoms with Crippen LogP contribution in [0.1, 0.15) is 21.7 Å². The molecule has 0 aromatic carbocycles. The SMILES string of the molecule is CNC(C)(C)C1=NC=CCC=C1.[HH]. The quantitative estimate of drug-likeness (QED) is 0.668. The van der Waals surface area contributed by atoms with Gasteiger partial charge in [-0.1, -0.05) is 12.2 Å². The molecule has 0 radical (unpaired) electrons. The summed E-state index contributed by atoms with van der Waals surface area (Å²) >= 11 is 0. The van der Waals surface area contributed by atoms with Crippen molar-refractivity contribution in [3.05, 3.63) is 24.4 Å². The maximum atomic E-state index is 4.35. The molecule has 68 valence electrons. The van der Waals surface area contributed by atoms with Crippen LogP contribution in [0, 0.1) is 0 Å². The van der Waals surface area contributed by atoms with Crippen LogP contribution in [-0.4, -0.2) is 18.3 Å². The Hall–Kier alpha value is -0.890. The van der Waals surface area contributed by atoms with Gasteiger partial charge < -0.3 is 5.32 Å². The Morgan fingerprint density at radius 3 is 2.92 bits per heavy atom. The second-order valence-electron chi connectivity index (χ2n) is 3.41. The van der Waals surface area contributed by atoms with Gasteiger partial charge in [0.05, 0.1) is 11.3 Å². The number of hydrogen-bond donors (Lipinski definition) is 1. The van der Waals surface area contributed by atoms with Crippen molar-refractivity contribution in [2.75, 3.05) is 7.05 Å². The first kappa shape index (κ1) is 9.20. The Balaban J connectivity index is 0.00000144. The summed E-state index contributed by atoms with van der Waals surface area (Å²) in [6.07, 6.45) is 9.11. The Labute approximate surface area is 75.6 Å². The van der Waals surface area contributed by atoms with Gasteiger partial charge in [-0.2, -0.15) is 0 Å². The standard InChI is InChI=1S/C10H16N2.H2/c1-10(2,11-3)9-7-5-4-6-8-12-9;/h5-8,11H,4H2,1-3H3;1H. The highest BCUT2D eigenvalue weighted by Gasteiger charge is 2.19. The van der Waals surface area contributed by atoms with Crippen molar-refractivity contribution in [2.24, 2.45) is 4.99 Å². The van der Waals surface area contributed by atoms with E-state index in [1.165, 1.54) is 0 Å².